The highest BCUT2D eigenvalue weighted by atomic mass is 16.6. The van der Waals surface area contributed by atoms with Crippen molar-refractivity contribution in [2.75, 3.05) is 37.9 Å². The zero-order chi connectivity index (χ0) is 21.4. The third-order valence-corrected chi connectivity index (χ3v) is 6.31. The van der Waals surface area contributed by atoms with E-state index >= 15 is 0 Å². The Morgan fingerprint density at radius 1 is 1.00 bits per heavy atom. The van der Waals surface area contributed by atoms with Crippen molar-refractivity contribution in [2.45, 2.75) is 31.3 Å². The Balaban J connectivity index is 1.41. The molecule has 0 unspecified atom stereocenters. The number of hydrogen-bond acceptors (Lipinski definition) is 6. The van der Waals surface area contributed by atoms with Crippen molar-refractivity contribution >= 4 is 17.4 Å². The first-order chi connectivity index (χ1) is 15.1. The summed E-state index contributed by atoms with van der Waals surface area (Å²) in [6, 6.07) is 12.2. The van der Waals surface area contributed by atoms with Crippen LogP contribution in [0.15, 0.2) is 42.5 Å². The van der Waals surface area contributed by atoms with E-state index in [0.29, 0.717) is 48.2 Å². The number of fused-ring (bicyclic) bond motifs is 2. The molecular weight excluding hydrogens is 396 g/mol. The maximum atomic E-state index is 13.4. The number of anilines is 1. The molecule has 2 aromatic carbocycles. The fourth-order valence-electron chi connectivity index (χ4n) is 4.67. The summed E-state index contributed by atoms with van der Waals surface area (Å²) in [4.78, 5) is 30.4. The molecule has 0 aliphatic carbocycles. The molecule has 2 aromatic rings. The minimum atomic E-state index is -1.88. The molecule has 0 aromatic heterocycles. The number of carbonyl (C=O) groups is 2. The number of amides is 1. The lowest BCUT2D eigenvalue weighted by Crippen LogP contribution is -2.47. The minimum absolute atomic E-state index is 0.317. The van der Waals surface area contributed by atoms with E-state index in [1.807, 2.05) is 12.1 Å². The van der Waals surface area contributed by atoms with E-state index in [4.69, 9.17) is 9.47 Å². The first kappa shape index (κ1) is 20.0. The molecule has 0 bridgehead atoms. The van der Waals surface area contributed by atoms with E-state index in [1.54, 1.807) is 35.2 Å². The standard InChI is InChI=1S/C24H26N2O5/c27-20(17-8-9-21-22(14-17)31-13-12-30-21)15-24(29)18-6-2-3-7-19(18)26(23(24)28)16-25-10-4-1-5-11-25/h2-3,6-9,14,29H,1,4-5,10-13,15-16H2/t24-/m1/s1. The summed E-state index contributed by atoms with van der Waals surface area (Å²) in [7, 11) is 0. The molecule has 3 aliphatic heterocycles. The second-order valence-corrected chi connectivity index (χ2v) is 8.39. The number of aliphatic hydroxyl groups is 1. The monoisotopic (exact) mass is 422 g/mol. The lowest BCUT2D eigenvalue weighted by atomic mass is 9.88. The van der Waals surface area contributed by atoms with Gasteiger partial charge in [0, 0.05) is 11.1 Å². The summed E-state index contributed by atoms with van der Waals surface area (Å²) < 4.78 is 11.1. The molecule has 1 fully saturated rings. The van der Waals surface area contributed by atoms with Crippen LogP contribution < -0.4 is 14.4 Å². The predicted octanol–water partition coefficient (Wildman–Crippen LogP) is 2.71. The summed E-state index contributed by atoms with van der Waals surface area (Å²) in [6.45, 7) is 3.18. The van der Waals surface area contributed by atoms with E-state index in [0.717, 1.165) is 25.9 Å². The van der Waals surface area contributed by atoms with E-state index in [1.165, 1.54) is 6.42 Å². The predicted molar refractivity (Wildman–Crippen MR) is 114 cm³/mol. The zero-order valence-electron chi connectivity index (χ0n) is 17.4. The minimum Gasteiger partial charge on any atom is -0.486 e. The van der Waals surface area contributed by atoms with Crippen LogP contribution in [0.3, 0.4) is 0 Å². The molecule has 1 saturated heterocycles. The SMILES string of the molecule is O=C(C[C@]1(O)C(=O)N(CN2CCCCC2)c2ccccc21)c1ccc2c(c1)OCCO2. The van der Waals surface area contributed by atoms with Gasteiger partial charge >= 0.3 is 0 Å². The molecule has 3 aliphatic rings. The van der Waals surface area contributed by atoms with Gasteiger partial charge in [-0.2, -0.15) is 0 Å². The average Bonchev–Trinajstić information content (AvgIpc) is 3.01. The van der Waals surface area contributed by atoms with Crippen molar-refractivity contribution in [3.05, 3.63) is 53.6 Å². The molecule has 1 amide bonds. The Labute approximate surface area is 181 Å². The number of carbonyl (C=O) groups excluding carboxylic acids is 2. The van der Waals surface area contributed by atoms with Crippen LogP contribution in [0.1, 0.15) is 41.6 Å². The molecule has 0 saturated carbocycles. The molecule has 31 heavy (non-hydrogen) atoms. The first-order valence-corrected chi connectivity index (χ1v) is 10.9. The molecule has 5 rings (SSSR count). The lowest BCUT2D eigenvalue weighted by molar-refractivity contribution is -0.136. The van der Waals surface area contributed by atoms with Gasteiger partial charge in [-0.15, -0.1) is 0 Å². The maximum Gasteiger partial charge on any atom is 0.265 e. The van der Waals surface area contributed by atoms with Gasteiger partial charge in [-0.3, -0.25) is 19.4 Å². The molecular formula is C24H26N2O5. The molecule has 1 atom stereocenters. The summed E-state index contributed by atoms with van der Waals surface area (Å²) in [5, 5.41) is 11.5. The topological polar surface area (TPSA) is 79.3 Å². The normalized spacial score (nSPS) is 23.0. The maximum absolute atomic E-state index is 13.4. The number of Topliss-reactive ketones (excluding diaryl/α,β-unsaturated/α-hetero) is 1. The van der Waals surface area contributed by atoms with E-state index in [9.17, 15) is 14.7 Å². The summed E-state index contributed by atoms with van der Waals surface area (Å²) in [5.41, 5.74) is -0.327. The van der Waals surface area contributed by atoms with Gasteiger partial charge in [0.25, 0.3) is 5.91 Å². The highest BCUT2D eigenvalue weighted by Gasteiger charge is 2.51. The highest BCUT2D eigenvalue weighted by Crippen LogP contribution is 2.43. The second-order valence-electron chi connectivity index (χ2n) is 8.39. The van der Waals surface area contributed by atoms with Crippen LogP contribution in [-0.2, 0) is 10.4 Å². The third kappa shape index (κ3) is 3.58. The van der Waals surface area contributed by atoms with E-state index in [2.05, 4.69) is 4.90 Å². The molecule has 1 N–H and O–H groups in total. The van der Waals surface area contributed by atoms with E-state index < -0.39 is 11.5 Å². The number of ketones is 1. The van der Waals surface area contributed by atoms with Crippen LogP contribution in [0.5, 0.6) is 11.5 Å². The fraction of sp³-hybridized carbons (Fsp3) is 0.417. The highest BCUT2D eigenvalue weighted by molar-refractivity contribution is 6.10. The molecule has 7 heteroatoms. The average molecular weight is 422 g/mol. The van der Waals surface area contributed by atoms with Gasteiger partial charge < -0.3 is 14.6 Å². The molecule has 7 nitrogen and oxygen atoms in total. The number of rotatable bonds is 5. The quantitative estimate of drug-likeness (QED) is 0.747. The van der Waals surface area contributed by atoms with Crippen LogP contribution in [0.25, 0.3) is 0 Å². The van der Waals surface area contributed by atoms with Gasteiger partial charge in [-0.25, -0.2) is 0 Å². The Morgan fingerprint density at radius 3 is 2.55 bits per heavy atom. The van der Waals surface area contributed by atoms with Crippen LogP contribution in [-0.4, -0.2) is 54.7 Å². The van der Waals surface area contributed by atoms with Crippen molar-refractivity contribution in [1.29, 1.82) is 0 Å². The van der Waals surface area contributed by atoms with Gasteiger partial charge in [0.05, 0.1) is 18.8 Å². The van der Waals surface area contributed by atoms with Crippen molar-refractivity contribution < 1.29 is 24.2 Å². The third-order valence-electron chi connectivity index (χ3n) is 6.31. The van der Waals surface area contributed by atoms with Crippen molar-refractivity contribution in [3.63, 3.8) is 0 Å². The Morgan fingerprint density at radius 2 is 1.74 bits per heavy atom. The number of likely N-dealkylation sites (tertiary alicyclic amines) is 1. The van der Waals surface area contributed by atoms with Gasteiger partial charge in [-0.05, 0) is 50.2 Å². The van der Waals surface area contributed by atoms with Gasteiger partial charge in [-0.1, -0.05) is 24.6 Å². The summed E-state index contributed by atoms with van der Waals surface area (Å²) in [6.07, 6.45) is 3.10. The molecule has 0 spiro atoms. The van der Waals surface area contributed by atoms with Gasteiger partial charge in [0.2, 0.25) is 0 Å². The second kappa shape index (κ2) is 7.98. The van der Waals surface area contributed by atoms with Gasteiger partial charge in [0.15, 0.2) is 22.9 Å². The number of nitrogens with zero attached hydrogens (tertiary/aromatic N) is 2. The van der Waals surface area contributed by atoms with Crippen LogP contribution in [0, 0.1) is 0 Å². The molecule has 162 valence electrons. The van der Waals surface area contributed by atoms with Crippen LogP contribution in [0.2, 0.25) is 0 Å². The number of benzene rings is 2. The summed E-state index contributed by atoms with van der Waals surface area (Å²) >= 11 is 0. The largest absolute Gasteiger partial charge is 0.486 e. The van der Waals surface area contributed by atoms with Crippen LogP contribution in [0.4, 0.5) is 5.69 Å². The fourth-order valence-corrected chi connectivity index (χ4v) is 4.67. The Kier molecular flexibility index (Phi) is 5.16. The Bertz CT molecular complexity index is 1020. The lowest BCUT2D eigenvalue weighted by Gasteiger charge is -2.31. The Hall–Kier alpha value is -2.90. The van der Waals surface area contributed by atoms with Crippen molar-refractivity contribution in [1.82, 2.24) is 4.90 Å². The number of ether oxygens (including phenoxy) is 2. The number of para-hydroxylation sites is 1. The van der Waals surface area contributed by atoms with E-state index in [-0.39, 0.29) is 12.2 Å². The number of hydrogen-bond donors (Lipinski definition) is 1. The number of piperidine rings is 1. The summed E-state index contributed by atoms with van der Waals surface area (Å²) in [5.74, 6) is 0.345. The smallest absolute Gasteiger partial charge is 0.265 e. The van der Waals surface area contributed by atoms with Crippen molar-refractivity contribution in [2.24, 2.45) is 0 Å². The molecule has 3 heterocycles. The van der Waals surface area contributed by atoms with Crippen molar-refractivity contribution in [3.8, 4) is 11.5 Å². The van der Waals surface area contributed by atoms with Crippen LogP contribution >= 0.6 is 0 Å². The zero-order valence-corrected chi connectivity index (χ0v) is 17.4. The molecule has 0 radical (unpaired) electrons. The first-order valence-electron chi connectivity index (χ1n) is 10.9. The van der Waals surface area contributed by atoms with Gasteiger partial charge in [0.1, 0.15) is 13.2 Å².